The predicted molar refractivity (Wildman–Crippen MR) is 73.0 cm³/mol. The van der Waals surface area contributed by atoms with Crippen LogP contribution in [-0.2, 0) is 13.0 Å². The Morgan fingerprint density at radius 1 is 1.12 bits per heavy atom. The fraction of sp³-hybridized carbons (Fsp3) is 0.600. The van der Waals surface area contributed by atoms with Gasteiger partial charge in [-0.15, -0.1) is 0 Å². The first-order valence-electron chi connectivity index (χ1n) is 6.69. The van der Waals surface area contributed by atoms with E-state index in [0.29, 0.717) is 12.5 Å². The molecule has 96 valence electrons. The molecule has 0 spiro atoms. The van der Waals surface area contributed by atoms with Gasteiger partial charge >= 0.3 is 0 Å². The SMILES string of the molecule is CCc1ccc(CNCC(CC)CCO)cc1. The summed E-state index contributed by atoms with van der Waals surface area (Å²) >= 11 is 0. The van der Waals surface area contributed by atoms with E-state index in [2.05, 4.69) is 43.4 Å². The monoisotopic (exact) mass is 235 g/mol. The molecule has 0 aliphatic heterocycles. The van der Waals surface area contributed by atoms with Crippen LogP contribution < -0.4 is 5.32 Å². The molecule has 0 bridgehead atoms. The first-order chi connectivity index (χ1) is 8.30. The molecule has 0 aliphatic carbocycles. The van der Waals surface area contributed by atoms with E-state index in [1.165, 1.54) is 11.1 Å². The fourth-order valence-electron chi connectivity index (χ4n) is 1.95. The van der Waals surface area contributed by atoms with Crippen molar-refractivity contribution in [1.29, 1.82) is 0 Å². The maximum Gasteiger partial charge on any atom is 0.0434 e. The van der Waals surface area contributed by atoms with E-state index in [-0.39, 0.29) is 0 Å². The Labute approximate surface area is 105 Å². The van der Waals surface area contributed by atoms with Crippen LogP contribution in [0.2, 0.25) is 0 Å². The molecule has 0 fully saturated rings. The third-order valence-electron chi connectivity index (χ3n) is 3.31. The molecule has 0 radical (unpaired) electrons. The first kappa shape index (κ1) is 14.2. The van der Waals surface area contributed by atoms with Crippen molar-refractivity contribution in [3.63, 3.8) is 0 Å². The van der Waals surface area contributed by atoms with Gasteiger partial charge in [0.15, 0.2) is 0 Å². The van der Waals surface area contributed by atoms with Crippen LogP contribution in [0.5, 0.6) is 0 Å². The highest BCUT2D eigenvalue weighted by atomic mass is 16.3. The van der Waals surface area contributed by atoms with E-state index in [1.54, 1.807) is 0 Å². The van der Waals surface area contributed by atoms with E-state index in [0.717, 1.165) is 32.4 Å². The largest absolute Gasteiger partial charge is 0.396 e. The van der Waals surface area contributed by atoms with Crippen LogP contribution in [0.4, 0.5) is 0 Å². The summed E-state index contributed by atoms with van der Waals surface area (Å²) in [4.78, 5) is 0. The highest BCUT2D eigenvalue weighted by Crippen LogP contribution is 2.07. The molecule has 1 atom stereocenters. The van der Waals surface area contributed by atoms with Crippen LogP contribution in [0.15, 0.2) is 24.3 Å². The smallest absolute Gasteiger partial charge is 0.0434 e. The van der Waals surface area contributed by atoms with Crippen molar-refractivity contribution < 1.29 is 5.11 Å². The third kappa shape index (κ3) is 5.33. The maximum atomic E-state index is 8.91. The van der Waals surface area contributed by atoms with Crippen LogP contribution >= 0.6 is 0 Å². The second-order valence-corrected chi connectivity index (χ2v) is 4.59. The van der Waals surface area contributed by atoms with Crippen molar-refractivity contribution in [3.05, 3.63) is 35.4 Å². The fourth-order valence-corrected chi connectivity index (χ4v) is 1.95. The number of aryl methyl sites for hydroxylation is 1. The number of nitrogens with one attached hydrogen (secondary N) is 1. The van der Waals surface area contributed by atoms with Gasteiger partial charge in [0.05, 0.1) is 0 Å². The van der Waals surface area contributed by atoms with Gasteiger partial charge in [-0.3, -0.25) is 0 Å². The Morgan fingerprint density at radius 2 is 1.76 bits per heavy atom. The molecule has 0 amide bonds. The van der Waals surface area contributed by atoms with Crippen molar-refractivity contribution in [3.8, 4) is 0 Å². The lowest BCUT2D eigenvalue weighted by Gasteiger charge is -2.14. The number of aliphatic hydroxyl groups is 1. The normalized spacial score (nSPS) is 12.6. The highest BCUT2D eigenvalue weighted by molar-refractivity contribution is 5.22. The molecule has 2 heteroatoms. The maximum absolute atomic E-state index is 8.91. The number of rotatable bonds is 8. The highest BCUT2D eigenvalue weighted by Gasteiger charge is 2.04. The zero-order valence-electron chi connectivity index (χ0n) is 11.1. The van der Waals surface area contributed by atoms with Gasteiger partial charge < -0.3 is 10.4 Å². The van der Waals surface area contributed by atoms with Crippen LogP contribution in [0.25, 0.3) is 0 Å². The van der Waals surface area contributed by atoms with Gasteiger partial charge in [0.2, 0.25) is 0 Å². The van der Waals surface area contributed by atoms with Gasteiger partial charge in [-0.1, -0.05) is 44.5 Å². The van der Waals surface area contributed by atoms with Gasteiger partial charge in [0.1, 0.15) is 0 Å². The average molecular weight is 235 g/mol. The summed E-state index contributed by atoms with van der Waals surface area (Å²) in [5.74, 6) is 0.593. The molecule has 0 saturated heterocycles. The zero-order chi connectivity index (χ0) is 12.5. The Hall–Kier alpha value is -0.860. The summed E-state index contributed by atoms with van der Waals surface area (Å²) < 4.78 is 0. The summed E-state index contributed by atoms with van der Waals surface area (Å²) in [6, 6.07) is 8.78. The molecule has 17 heavy (non-hydrogen) atoms. The molecule has 1 aromatic rings. The van der Waals surface area contributed by atoms with Crippen LogP contribution in [0.1, 0.15) is 37.8 Å². The second-order valence-electron chi connectivity index (χ2n) is 4.59. The Balaban J connectivity index is 2.29. The molecule has 2 N–H and O–H groups in total. The number of hydrogen-bond acceptors (Lipinski definition) is 2. The third-order valence-corrected chi connectivity index (χ3v) is 3.31. The Bertz CT molecular complexity index is 294. The van der Waals surface area contributed by atoms with E-state index >= 15 is 0 Å². The van der Waals surface area contributed by atoms with Gasteiger partial charge in [-0.25, -0.2) is 0 Å². The Morgan fingerprint density at radius 3 is 2.29 bits per heavy atom. The molecular weight excluding hydrogens is 210 g/mol. The minimum atomic E-state index is 0.297. The standard InChI is InChI=1S/C15H25NO/c1-3-13-5-7-15(8-6-13)12-16-11-14(4-2)9-10-17/h5-8,14,16-17H,3-4,9-12H2,1-2H3. The second kappa shape index (κ2) is 8.26. The average Bonchev–Trinajstić information content (AvgIpc) is 2.38. The van der Waals surface area contributed by atoms with Crippen LogP contribution in [0, 0.1) is 5.92 Å². The van der Waals surface area contributed by atoms with Gasteiger partial charge in [0.25, 0.3) is 0 Å². The topological polar surface area (TPSA) is 32.3 Å². The van der Waals surface area contributed by atoms with Crippen LogP contribution in [0.3, 0.4) is 0 Å². The van der Waals surface area contributed by atoms with Gasteiger partial charge in [0, 0.05) is 13.2 Å². The summed E-state index contributed by atoms with van der Waals surface area (Å²) in [5, 5.41) is 12.4. The quantitative estimate of drug-likeness (QED) is 0.726. The molecule has 1 aromatic carbocycles. The molecule has 0 saturated carbocycles. The molecule has 1 rings (SSSR count). The van der Waals surface area contributed by atoms with Gasteiger partial charge in [-0.05, 0) is 36.4 Å². The molecule has 1 unspecified atom stereocenters. The summed E-state index contributed by atoms with van der Waals surface area (Å²) in [7, 11) is 0. The summed E-state index contributed by atoms with van der Waals surface area (Å²) in [6.45, 7) is 6.57. The number of benzene rings is 1. The first-order valence-corrected chi connectivity index (χ1v) is 6.69. The van der Waals surface area contributed by atoms with Crippen molar-refractivity contribution in [2.24, 2.45) is 5.92 Å². The Kier molecular flexibility index (Phi) is 6.90. The molecule has 0 aromatic heterocycles. The lowest BCUT2D eigenvalue weighted by atomic mass is 10.0. The van der Waals surface area contributed by atoms with E-state index in [1.807, 2.05) is 0 Å². The number of aliphatic hydroxyl groups excluding tert-OH is 1. The van der Waals surface area contributed by atoms with Crippen molar-refractivity contribution >= 4 is 0 Å². The minimum absolute atomic E-state index is 0.297. The molecule has 0 heterocycles. The van der Waals surface area contributed by atoms with Gasteiger partial charge in [-0.2, -0.15) is 0 Å². The molecular formula is C15H25NO. The van der Waals surface area contributed by atoms with Crippen molar-refractivity contribution in [2.45, 2.75) is 39.7 Å². The lowest BCUT2D eigenvalue weighted by molar-refractivity contribution is 0.251. The molecule has 2 nitrogen and oxygen atoms in total. The molecule has 0 aliphatic rings. The summed E-state index contributed by atoms with van der Waals surface area (Å²) in [5.41, 5.74) is 2.72. The van der Waals surface area contributed by atoms with E-state index < -0.39 is 0 Å². The van der Waals surface area contributed by atoms with Crippen LogP contribution in [-0.4, -0.2) is 18.3 Å². The van der Waals surface area contributed by atoms with E-state index in [9.17, 15) is 0 Å². The lowest BCUT2D eigenvalue weighted by Crippen LogP contribution is -2.22. The summed E-state index contributed by atoms with van der Waals surface area (Å²) in [6.07, 6.45) is 3.13. The minimum Gasteiger partial charge on any atom is -0.396 e. The van der Waals surface area contributed by atoms with Crippen molar-refractivity contribution in [2.75, 3.05) is 13.2 Å². The predicted octanol–water partition coefficient (Wildman–Crippen LogP) is 2.75. The zero-order valence-corrected chi connectivity index (χ0v) is 11.1. The number of hydrogen-bond donors (Lipinski definition) is 2. The van der Waals surface area contributed by atoms with Crippen molar-refractivity contribution in [1.82, 2.24) is 5.32 Å². The van der Waals surface area contributed by atoms with E-state index in [4.69, 9.17) is 5.11 Å².